The van der Waals surface area contributed by atoms with E-state index in [9.17, 15) is 32.3 Å². The summed E-state index contributed by atoms with van der Waals surface area (Å²) in [5.41, 5.74) is -1.49. The first-order chi connectivity index (χ1) is 10.1. The minimum Gasteiger partial charge on any atom is -0.478 e. The van der Waals surface area contributed by atoms with Crippen molar-refractivity contribution in [3.8, 4) is 0 Å². The molecule has 0 bridgehead atoms. The third kappa shape index (κ3) is 2.81. The van der Waals surface area contributed by atoms with Crippen molar-refractivity contribution < 1.29 is 27.5 Å². The molecule has 1 N–H and O–H groups in total. The van der Waals surface area contributed by atoms with Crippen molar-refractivity contribution in [3.05, 3.63) is 45.6 Å². The fourth-order valence-corrected chi connectivity index (χ4v) is 2.34. The third-order valence-electron chi connectivity index (χ3n) is 3.34. The molecule has 2 aromatic rings. The van der Waals surface area contributed by atoms with Gasteiger partial charge in [0, 0.05) is 17.6 Å². The zero-order chi connectivity index (χ0) is 16.7. The number of benzene rings is 1. The highest BCUT2D eigenvalue weighted by Crippen LogP contribution is 2.24. The predicted octanol–water partition coefficient (Wildman–Crippen LogP) is 3.10. The van der Waals surface area contributed by atoms with Crippen molar-refractivity contribution in [1.82, 2.24) is 4.57 Å². The molecule has 8 heteroatoms. The predicted molar refractivity (Wildman–Crippen MR) is 70.5 cm³/mol. The van der Waals surface area contributed by atoms with Crippen LogP contribution in [0.4, 0.5) is 17.6 Å². The Kier molecular flexibility index (Phi) is 3.95. The zero-order valence-corrected chi connectivity index (χ0v) is 11.4. The highest BCUT2D eigenvalue weighted by molar-refractivity contribution is 6.04. The topological polar surface area (TPSA) is 59.3 Å². The van der Waals surface area contributed by atoms with Crippen LogP contribution >= 0.6 is 0 Å². The summed E-state index contributed by atoms with van der Waals surface area (Å²) in [6.45, 7) is 0.463. The van der Waals surface area contributed by atoms with Gasteiger partial charge in [-0.05, 0) is 13.0 Å². The number of hydrogen-bond acceptors (Lipinski definition) is 2. The number of fused-ring (bicyclic) bond motifs is 1. The van der Waals surface area contributed by atoms with E-state index in [4.69, 9.17) is 0 Å². The van der Waals surface area contributed by atoms with Crippen molar-refractivity contribution >= 4 is 16.7 Å². The molecule has 0 atom stereocenters. The van der Waals surface area contributed by atoms with Crippen LogP contribution in [0.15, 0.2) is 23.0 Å². The normalized spacial score (nSPS) is 11.9. The molecule has 1 aromatic heterocycles. The summed E-state index contributed by atoms with van der Waals surface area (Å²) in [5.74, 6) is -2.40. The van der Waals surface area contributed by atoms with E-state index in [1.165, 1.54) is 19.1 Å². The second-order valence-electron chi connectivity index (χ2n) is 4.75. The molecule has 1 aromatic carbocycles. The van der Waals surface area contributed by atoms with Gasteiger partial charge in [0.1, 0.15) is 5.82 Å². The van der Waals surface area contributed by atoms with Crippen LogP contribution in [-0.2, 0) is 6.54 Å². The number of aromatic carboxylic acids is 1. The molecule has 2 rings (SSSR count). The maximum absolute atomic E-state index is 13.8. The minimum absolute atomic E-state index is 0.127. The number of hydrogen-bond donors (Lipinski definition) is 1. The van der Waals surface area contributed by atoms with Crippen LogP contribution in [0, 0.1) is 12.7 Å². The highest BCUT2D eigenvalue weighted by atomic mass is 19.4. The Morgan fingerprint density at radius 3 is 2.50 bits per heavy atom. The molecule has 0 aliphatic rings. The number of carbonyl (C=O) groups is 1. The average molecular weight is 317 g/mol. The molecule has 1 heterocycles. The highest BCUT2D eigenvalue weighted by Gasteiger charge is 2.28. The SMILES string of the molecule is Cc1c(C(=O)O)c2cccc(F)c2c(=O)n1CCC(F)(F)F. The summed E-state index contributed by atoms with van der Waals surface area (Å²) in [7, 11) is 0. The lowest BCUT2D eigenvalue weighted by Gasteiger charge is -2.16. The van der Waals surface area contributed by atoms with Crippen LogP contribution in [0.2, 0.25) is 0 Å². The number of halogens is 4. The summed E-state index contributed by atoms with van der Waals surface area (Å²) in [5, 5.41) is 8.59. The van der Waals surface area contributed by atoms with Gasteiger partial charge in [0.25, 0.3) is 5.56 Å². The molecule has 22 heavy (non-hydrogen) atoms. The van der Waals surface area contributed by atoms with Crippen molar-refractivity contribution in [1.29, 1.82) is 0 Å². The quantitative estimate of drug-likeness (QED) is 0.885. The van der Waals surface area contributed by atoms with E-state index in [-0.39, 0.29) is 16.6 Å². The largest absolute Gasteiger partial charge is 0.478 e. The van der Waals surface area contributed by atoms with Crippen LogP contribution in [0.3, 0.4) is 0 Å². The lowest BCUT2D eigenvalue weighted by atomic mass is 10.0. The second-order valence-corrected chi connectivity index (χ2v) is 4.75. The summed E-state index contributed by atoms with van der Waals surface area (Å²) in [6.07, 6.45) is -5.83. The van der Waals surface area contributed by atoms with Crippen molar-refractivity contribution in [2.24, 2.45) is 0 Å². The van der Waals surface area contributed by atoms with Gasteiger partial charge in [-0.1, -0.05) is 12.1 Å². The number of nitrogens with zero attached hydrogens (tertiary/aromatic N) is 1. The fraction of sp³-hybridized carbons (Fsp3) is 0.286. The number of aromatic nitrogens is 1. The van der Waals surface area contributed by atoms with E-state index in [1.807, 2.05) is 0 Å². The van der Waals surface area contributed by atoms with Crippen molar-refractivity contribution in [2.45, 2.75) is 26.1 Å². The molecule has 0 fully saturated rings. The van der Waals surface area contributed by atoms with E-state index in [0.29, 0.717) is 4.57 Å². The Bertz CT molecular complexity index is 808. The molecule has 0 aliphatic carbocycles. The van der Waals surface area contributed by atoms with Gasteiger partial charge in [-0.2, -0.15) is 13.2 Å². The van der Waals surface area contributed by atoms with Crippen LogP contribution in [0.1, 0.15) is 22.5 Å². The molecule has 0 aliphatic heterocycles. The van der Waals surface area contributed by atoms with Gasteiger partial charge in [0.15, 0.2) is 0 Å². The molecular formula is C14H11F4NO3. The Hall–Kier alpha value is -2.38. The Morgan fingerprint density at radius 1 is 1.32 bits per heavy atom. The monoisotopic (exact) mass is 317 g/mol. The van der Waals surface area contributed by atoms with Crippen LogP contribution in [0.25, 0.3) is 10.8 Å². The Labute approximate surface area is 121 Å². The van der Waals surface area contributed by atoms with Gasteiger partial charge in [0.05, 0.1) is 17.4 Å². The molecule has 0 saturated carbocycles. The second kappa shape index (κ2) is 5.43. The van der Waals surface area contributed by atoms with E-state index in [0.717, 1.165) is 6.07 Å². The first-order valence-corrected chi connectivity index (χ1v) is 6.25. The standard InChI is InChI=1S/C14H11F4NO3/c1-7-10(13(21)22)8-3-2-4-9(15)11(8)12(20)19(7)6-5-14(16,17)18/h2-4H,5-6H2,1H3,(H,21,22). The van der Waals surface area contributed by atoms with E-state index >= 15 is 0 Å². The Morgan fingerprint density at radius 2 is 1.95 bits per heavy atom. The minimum atomic E-state index is -4.51. The number of pyridine rings is 1. The smallest absolute Gasteiger partial charge is 0.390 e. The lowest BCUT2D eigenvalue weighted by Crippen LogP contribution is -2.28. The number of carboxylic acids is 1. The van der Waals surface area contributed by atoms with Crippen molar-refractivity contribution in [3.63, 3.8) is 0 Å². The van der Waals surface area contributed by atoms with Gasteiger partial charge in [-0.3, -0.25) is 4.79 Å². The molecule has 0 unspecified atom stereocenters. The van der Waals surface area contributed by atoms with Gasteiger partial charge in [-0.15, -0.1) is 0 Å². The van der Waals surface area contributed by atoms with Crippen molar-refractivity contribution in [2.75, 3.05) is 0 Å². The van der Waals surface area contributed by atoms with E-state index in [1.54, 1.807) is 0 Å². The zero-order valence-electron chi connectivity index (χ0n) is 11.4. The first kappa shape index (κ1) is 16.0. The maximum Gasteiger partial charge on any atom is 0.390 e. The number of alkyl halides is 3. The lowest BCUT2D eigenvalue weighted by molar-refractivity contribution is -0.136. The molecule has 0 saturated heterocycles. The van der Waals surface area contributed by atoms with E-state index < -0.39 is 41.9 Å². The van der Waals surface area contributed by atoms with E-state index in [2.05, 4.69) is 0 Å². The van der Waals surface area contributed by atoms with Gasteiger partial charge in [0.2, 0.25) is 0 Å². The van der Waals surface area contributed by atoms with Crippen LogP contribution in [-0.4, -0.2) is 21.8 Å². The molecule has 0 spiro atoms. The maximum atomic E-state index is 13.8. The number of rotatable bonds is 3. The fourth-order valence-electron chi connectivity index (χ4n) is 2.34. The number of carboxylic acid groups (broad SMARTS) is 1. The van der Waals surface area contributed by atoms with Gasteiger partial charge >= 0.3 is 12.1 Å². The first-order valence-electron chi connectivity index (χ1n) is 6.25. The molecule has 4 nitrogen and oxygen atoms in total. The molecule has 0 amide bonds. The van der Waals surface area contributed by atoms with Crippen LogP contribution < -0.4 is 5.56 Å². The summed E-state index contributed by atoms with van der Waals surface area (Å²) < 4.78 is 51.6. The molecule has 118 valence electrons. The summed E-state index contributed by atoms with van der Waals surface area (Å²) in [6, 6.07) is 3.45. The van der Waals surface area contributed by atoms with Crippen LogP contribution in [0.5, 0.6) is 0 Å². The molecular weight excluding hydrogens is 306 g/mol. The molecule has 0 radical (unpaired) electrons. The summed E-state index contributed by atoms with van der Waals surface area (Å²) >= 11 is 0. The van der Waals surface area contributed by atoms with Gasteiger partial charge in [-0.25, -0.2) is 9.18 Å². The Balaban J connectivity index is 2.80. The average Bonchev–Trinajstić information content (AvgIpc) is 2.36. The summed E-state index contributed by atoms with van der Waals surface area (Å²) in [4.78, 5) is 23.6. The van der Waals surface area contributed by atoms with Gasteiger partial charge < -0.3 is 9.67 Å². The third-order valence-corrected chi connectivity index (χ3v) is 3.34.